The van der Waals surface area contributed by atoms with E-state index in [-0.39, 0.29) is 17.0 Å². The highest BCUT2D eigenvalue weighted by molar-refractivity contribution is 6.65. The SMILES string of the molecule is CO[Si](C)(CCCNC(=O)c1ccccc1C(=O)O)OC. The molecule has 0 aliphatic carbocycles. The van der Waals surface area contributed by atoms with Gasteiger partial charge in [-0.1, -0.05) is 12.1 Å². The monoisotopic (exact) mass is 311 g/mol. The van der Waals surface area contributed by atoms with E-state index in [1.165, 1.54) is 12.1 Å². The topological polar surface area (TPSA) is 84.9 Å². The molecule has 0 bridgehead atoms. The molecule has 1 rings (SSSR count). The number of carbonyl (C=O) groups excluding carboxylic acids is 1. The molecule has 1 aromatic carbocycles. The standard InChI is InChI=1S/C14H21NO5Si/c1-19-21(3,20-2)10-6-9-15-13(16)11-7-4-5-8-12(11)14(17)18/h4-5,7-8H,6,9-10H2,1-3H3,(H,15,16)(H,17,18). The maximum Gasteiger partial charge on any atom is 0.336 e. The normalized spacial score (nSPS) is 11.2. The summed E-state index contributed by atoms with van der Waals surface area (Å²) in [6.07, 6.45) is 0.714. The van der Waals surface area contributed by atoms with Gasteiger partial charge in [0, 0.05) is 20.8 Å². The molecule has 1 amide bonds. The van der Waals surface area contributed by atoms with Crippen molar-refractivity contribution in [2.45, 2.75) is 19.0 Å². The second-order valence-corrected chi connectivity index (χ2v) is 8.34. The highest BCUT2D eigenvalue weighted by Crippen LogP contribution is 2.13. The lowest BCUT2D eigenvalue weighted by Gasteiger charge is -2.22. The summed E-state index contributed by atoms with van der Waals surface area (Å²) in [5.74, 6) is -1.49. The lowest BCUT2D eigenvalue weighted by molar-refractivity contribution is 0.0691. The van der Waals surface area contributed by atoms with Gasteiger partial charge in [-0.2, -0.15) is 0 Å². The van der Waals surface area contributed by atoms with Crippen LogP contribution in [0.4, 0.5) is 0 Å². The summed E-state index contributed by atoms with van der Waals surface area (Å²) in [4.78, 5) is 23.1. The van der Waals surface area contributed by atoms with Crippen LogP contribution in [-0.4, -0.2) is 46.3 Å². The van der Waals surface area contributed by atoms with Crippen LogP contribution in [0.15, 0.2) is 24.3 Å². The highest BCUT2D eigenvalue weighted by Gasteiger charge is 2.27. The van der Waals surface area contributed by atoms with Crippen molar-refractivity contribution < 1.29 is 23.5 Å². The zero-order valence-electron chi connectivity index (χ0n) is 12.5. The summed E-state index contributed by atoms with van der Waals surface area (Å²) in [6, 6.07) is 6.90. The number of carboxylic acid groups (broad SMARTS) is 1. The lowest BCUT2D eigenvalue weighted by atomic mass is 10.1. The van der Waals surface area contributed by atoms with E-state index in [9.17, 15) is 9.59 Å². The zero-order chi connectivity index (χ0) is 15.9. The smallest absolute Gasteiger partial charge is 0.336 e. The molecule has 7 heteroatoms. The predicted octanol–water partition coefficient (Wildman–Crippen LogP) is 1.87. The quantitative estimate of drug-likeness (QED) is 0.565. The van der Waals surface area contributed by atoms with Crippen LogP contribution in [0.25, 0.3) is 0 Å². The van der Waals surface area contributed by atoms with E-state index in [1.807, 2.05) is 6.55 Å². The van der Waals surface area contributed by atoms with E-state index in [1.54, 1.807) is 26.4 Å². The molecule has 0 aliphatic heterocycles. The Balaban J connectivity index is 2.54. The van der Waals surface area contributed by atoms with Crippen LogP contribution < -0.4 is 5.32 Å². The number of amides is 1. The number of hydrogen-bond acceptors (Lipinski definition) is 4. The van der Waals surface area contributed by atoms with Crippen LogP contribution in [0.5, 0.6) is 0 Å². The number of rotatable bonds is 8. The number of nitrogens with one attached hydrogen (secondary N) is 1. The van der Waals surface area contributed by atoms with E-state index in [2.05, 4.69) is 5.32 Å². The van der Waals surface area contributed by atoms with Gasteiger partial charge in [0.2, 0.25) is 0 Å². The Morgan fingerprint density at radius 1 is 1.19 bits per heavy atom. The van der Waals surface area contributed by atoms with Crippen molar-refractivity contribution in [2.24, 2.45) is 0 Å². The fourth-order valence-electron chi connectivity index (χ4n) is 1.86. The Morgan fingerprint density at radius 2 is 1.76 bits per heavy atom. The van der Waals surface area contributed by atoms with Gasteiger partial charge >= 0.3 is 14.5 Å². The maximum absolute atomic E-state index is 12.0. The van der Waals surface area contributed by atoms with E-state index < -0.39 is 14.5 Å². The number of carbonyl (C=O) groups is 2. The molecule has 0 saturated carbocycles. The fourth-order valence-corrected chi connectivity index (χ4v) is 3.26. The molecule has 0 aromatic heterocycles. The molecule has 0 aliphatic rings. The van der Waals surface area contributed by atoms with Crippen LogP contribution in [0, 0.1) is 0 Å². The summed E-state index contributed by atoms with van der Waals surface area (Å²) in [5.41, 5.74) is 0.173. The molecule has 21 heavy (non-hydrogen) atoms. The number of carboxylic acids is 1. The third kappa shape index (κ3) is 4.96. The summed E-state index contributed by atoms with van der Waals surface area (Å²) in [5, 5.41) is 11.8. The first-order valence-electron chi connectivity index (χ1n) is 6.64. The predicted molar refractivity (Wildman–Crippen MR) is 80.8 cm³/mol. The van der Waals surface area contributed by atoms with Gasteiger partial charge in [0.15, 0.2) is 0 Å². The molecule has 0 saturated heterocycles. The van der Waals surface area contributed by atoms with Gasteiger partial charge in [0.25, 0.3) is 5.91 Å². The average molecular weight is 311 g/mol. The van der Waals surface area contributed by atoms with Gasteiger partial charge in [-0.05, 0) is 31.1 Å². The third-order valence-electron chi connectivity index (χ3n) is 3.36. The summed E-state index contributed by atoms with van der Waals surface area (Å²) < 4.78 is 10.7. The fraction of sp³-hybridized carbons (Fsp3) is 0.429. The third-order valence-corrected chi connectivity index (χ3v) is 6.35. The zero-order valence-corrected chi connectivity index (χ0v) is 13.5. The van der Waals surface area contributed by atoms with Gasteiger partial charge in [0.1, 0.15) is 0 Å². The highest BCUT2D eigenvalue weighted by atomic mass is 28.4. The van der Waals surface area contributed by atoms with E-state index in [0.29, 0.717) is 13.0 Å². The molecule has 0 atom stereocenters. The lowest BCUT2D eigenvalue weighted by Crippen LogP contribution is -2.37. The Morgan fingerprint density at radius 3 is 2.29 bits per heavy atom. The van der Waals surface area contributed by atoms with Gasteiger partial charge in [0.05, 0.1) is 11.1 Å². The Kier molecular flexibility index (Phi) is 6.54. The number of hydrogen-bond donors (Lipinski definition) is 2. The van der Waals surface area contributed by atoms with Crippen molar-refractivity contribution >= 4 is 20.4 Å². The van der Waals surface area contributed by atoms with Crippen molar-refractivity contribution in [1.29, 1.82) is 0 Å². The average Bonchev–Trinajstić information content (AvgIpc) is 2.51. The van der Waals surface area contributed by atoms with E-state index >= 15 is 0 Å². The first-order chi connectivity index (χ1) is 9.93. The van der Waals surface area contributed by atoms with Crippen molar-refractivity contribution in [1.82, 2.24) is 5.32 Å². The van der Waals surface area contributed by atoms with Crippen molar-refractivity contribution in [2.75, 3.05) is 20.8 Å². The number of aromatic carboxylic acids is 1. The summed E-state index contributed by atoms with van der Waals surface area (Å²) >= 11 is 0. The maximum atomic E-state index is 12.0. The van der Waals surface area contributed by atoms with Crippen LogP contribution in [0.2, 0.25) is 12.6 Å². The first-order valence-corrected chi connectivity index (χ1v) is 9.16. The Hall–Kier alpha value is -1.70. The minimum atomic E-state index is -2.12. The van der Waals surface area contributed by atoms with Crippen LogP contribution in [-0.2, 0) is 8.85 Å². The molecule has 0 heterocycles. The number of benzene rings is 1. The van der Waals surface area contributed by atoms with Crippen molar-refractivity contribution in [3.63, 3.8) is 0 Å². The molecule has 116 valence electrons. The minimum absolute atomic E-state index is 0.00277. The van der Waals surface area contributed by atoms with Gasteiger partial charge in [-0.25, -0.2) is 4.79 Å². The van der Waals surface area contributed by atoms with Crippen LogP contribution in [0.3, 0.4) is 0 Å². The van der Waals surface area contributed by atoms with Crippen LogP contribution >= 0.6 is 0 Å². The molecule has 0 spiro atoms. The van der Waals surface area contributed by atoms with E-state index in [0.717, 1.165) is 6.04 Å². The minimum Gasteiger partial charge on any atom is -0.478 e. The van der Waals surface area contributed by atoms with Gasteiger partial charge in [-0.15, -0.1) is 0 Å². The molecular weight excluding hydrogens is 290 g/mol. The molecule has 6 nitrogen and oxygen atoms in total. The first kappa shape index (κ1) is 17.3. The summed E-state index contributed by atoms with van der Waals surface area (Å²) in [7, 11) is 1.12. The second-order valence-electron chi connectivity index (χ2n) is 4.75. The molecule has 0 fully saturated rings. The molecule has 0 radical (unpaired) electrons. The molecule has 1 aromatic rings. The van der Waals surface area contributed by atoms with Crippen LogP contribution in [0.1, 0.15) is 27.1 Å². The van der Waals surface area contributed by atoms with E-state index in [4.69, 9.17) is 14.0 Å². The van der Waals surface area contributed by atoms with Gasteiger partial charge in [-0.3, -0.25) is 4.79 Å². The van der Waals surface area contributed by atoms with Gasteiger partial charge < -0.3 is 19.3 Å². The Bertz CT molecular complexity index is 502. The molecule has 2 N–H and O–H groups in total. The summed E-state index contributed by atoms with van der Waals surface area (Å²) in [6.45, 7) is 2.40. The van der Waals surface area contributed by atoms with Crippen molar-refractivity contribution in [3.8, 4) is 0 Å². The second kappa shape index (κ2) is 7.92. The Labute approximate surface area is 125 Å². The van der Waals surface area contributed by atoms with Crippen molar-refractivity contribution in [3.05, 3.63) is 35.4 Å². The molecule has 0 unspecified atom stereocenters. The largest absolute Gasteiger partial charge is 0.478 e. The molecular formula is C14H21NO5Si.